The lowest BCUT2D eigenvalue weighted by atomic mass is 9.71. The van der Waals surface area contributed by atoms with Gasteiger partial charge in [0, 0.05) is 57.9 Å². The Bertz CT molecular complexity index is 2210. The van der Waals surface area contributed by atoms with Crippen LogP contribution in [0.4, 0.5) is 4.79 Å². The molecule has 1 saturated heterocycles. The quantitative estimate of drug-likeness (QED) is 0.194. The standard InChI is InChI=1S/C43H46N4O8/c1-21-39(51-4)27-17-31-36-35-28(40(52-5)22(2)42(54-7)38(35)49)16-30(46(36)3)32(18-44)47(31)33(34(27)37(48)41(21)53-6)19-45-43(50)55-20-29-25-14-10-8-12-23(25)24-13-9-11-15-26(24)29/h8-15,29-33,36,48-49H,16-17,19-20H2,1-7H3,(H,45,50)/t30-,31-,32-,33?,36-/m0/s1. The predicted octanol–water partition coefficient (Wildman–Crippen LogP) is 6.06. The van der Waals surface area contributed by atoms with Crippen LogP contribution in [0.2, 0.25) is 0 Å². The fourth-order valence-electron chi connectivity index (χ4n) is 10.2. The number of piperazine rings is 1. The summed E-state index contributed by atoms with van der Waals surface area (Å²) in [5, 5.41) is 37.9. The molecule has 1 aliphatic carbocycles. The van der Waals surface area contributed by atoms with Crippen molar-refractivity contribution in [1.29, 1.82) is 5.26 Å². The molecular formula is C43H46N4O8. The topological polar surface area (TPSA) is 146 Å². The molecule has 3 heterocycles. The molecule has 1 unspecified atom stereocenters. The number of aromatic hydroxyl groups is 2. The number of methoxy groups -OCH3 is 4. The molecule has 5 atom stereocenters. The highest BCUT2D eigenvalue weighted by atomic mass is 16.5. The highest BCUT2D eigenvalue weighted by Gasteiger charge is 2.57. The number of alkyl carbamates (subject to hydrolysis) is 1. The maximum absolute atomic E-state index is 13.7. The number of nitrogens with zero attached hydrogens (tertiary/aromatic N) is 3. The van der Waals surface area contributed by atoms with Crippen molar-refractivity contribution in [2.24, 2.45) is 0 Å². The summed E-state index contributed by atoms with van der Waals surface area (Å²) in [6.45, 7) is 3.82. The number of nitrogens with one attached hydrogen (secondary N) is 1. The van der Waals surface area contributed by atoms with Crippen molar-refractivity contribution < 1.29 is 38.7 Å². The molecule has 4 aromatic carbocycles. The fraction of sp³-hybridized carbons (Fsp3) is 0.395. The van der Waals surface area contributed by atoms with E-state index in [0.717, 1.165) is 33.4 Å². The van der Waals surface area contributed by atoms with Crippen LogP contribution in [0.15, 0.2) is 48.5 Å². The van der Waals surface area contributed by atoms with E-state index in [1.807, 2.05) is 45.2 Å². The molecule has 286 valence electrons. The number of carbonyl (C=O) groups excluding carboxylic acids is 1. The van der Waals surface area contributed by atoms with E-state index in [0.29, 0.717) is 52.3 Å². The molecule has 0 spiro atoms. The van der Waals surface area contributed by atoms with E-state index in [1.54, 1.807) is 14.2 Å². The average Bonchev–Trinajstić information content (AvgIpc) is 3.50. The van der Waals surface area contributed by atoms with Crippen molar-refractivity contribution in [1.82, 2.24) is 15.1 Å². The van der Waals surface area contributed by atoms with Crippen LogP contribution < -0.4 is 24.3 Å². The first-order valence-electron chi connectivity index (χ1n) is 18.5. The van der Waals surface area contributed by atoms with Gasteiger partial charge in [0.2, 0.25) is 0 Å². The van der Waals surface area contributed by atoms with Crippen LogP contribution in [0, 0.1) is 25.2 Å². The minimum absolute atomic E-state index is 0.00379. The number of carbonyl (C=O) groups is 1. The van der Waals surface area contributed by atoms with Crippen molar-refractivity contribution in [3.8, 4) is 51.7 Å². The molecule has 55 heavy (non-hydrogen) atoms. The van der Waals surface area contributed by atoms with Gasteiger partial charge in [0.25, 0.3) is 0 Å². The van der Waals surface area contributed by atoms with Crippen LogP contribution in [-0.2, 0) is 17.6 Å². The third kappa shape index (κ3) is 5.28. The van der Waals surface area contributed by atoms with Crippen LogP contribution in [0.5, 0.6) is 34.5 Å². The van der Waals surface area contributed by atoms with Gasteiger partial charge in [-0.3, -0.25) is 9.80 Å². The summed E-state index contributed by atoms with van der Waals surface area (Å²) in [5.74, 6) is 1.60. The summed E-state index contributed by atoms with van der Waals surface area (Å²) >= 11 is 0. The summed E-state index contributed by atoms with van der Waals surface area (Å²) in [6.07, 6.45) is 0.152. The molecule has 0 radical (unpaired) electrons. The molecule has 3 N–H and O–H groups in total. The minimum atomic E-state index is -0.709. The first-order valence-corrected chi connectivity index (χ1v) is 18.5. The van der Waals surface area contributed by atoms with Crippen molar-refractivity contribution in [3.05, 3.63) is 93.0 Å². The second-order valence-corrected chi connectivity index (χ2v) is 14.8. The van der Waals surface area contributed by atoms with Gasteiger partial charge in [0.05, 0.1) is 46.6 Å². The third-order valence-corrected chi connectivity index (χ3v) is 12.4. The Hall–Kier alpha value is -5.64. The van der Waals surface area contributed by atoms with Gasteiger partial charge in [-0.2, -0.15) is 5.26 Å². The molecule has 12 heteroatoms. The minimum Gasteiger partial charge on any atom is -0.504 e. The Labute approximate surface area is 320 Å². The number of hydrogen-bond acceptors (Lipinski definition) is 11. The maximum atomic E-state index is 13.7. The number of nitriles is 1. The van der Waals surface area contributed by atoms with Gasteiger partial charge >= 0.3 is 6.09 Å². The molecule has 8 rings (SSSR count). The highest BCUT2D eigenvalue weighted by Crippen LogP contribution is 2.59. The van der Waals surface area contributed by atoms with Gasteiger partial charge in [0.15, 0.2) is 23.0 Å². The van der Waals surface area contributed by atoms with E-state index in [-0.39, 0.29) is 42.4 Å². The zero-order valence-corrected chi connectivity index (χ0v) is 32.1. The Balaban J connectivity index is 1.20. The van der Waals surface area contributed by atoms with E-state index >= 15 is 0 Å². The largest absolute Gasteiger partial charge is 0.504 e. The molecule has 3 aliphatic heterocycles. The van der Waals surface area contributed by atoms with Gasteiger partial charge < -0.3 is 39.2 Å². The lowest BCUT2D eigenvalue weighted by Crippen LogP contribution is -2.68. The van der Waals surface area contributed by atoms with E-state index in [9.17, 15) is 20.3 Å². The molecule has 4 aromatic rings. The van der Waals surface area contributed by atoms with Gasteiger partial charge in [0.1, 0.15) is 24.1 Å². The highest BCUT2D eigenvalue weighted by molar-refractivity contribution is 5.79. The number of likely N-dealkylation sites (N-methyl/N-ethyl adjacent to an activating group) is 1. The summed E-state index contributed by atoms with van der Waals surface area (Å²) in [7, 11) is 8.17. The van der Waals surface area contributed by atoms with E-state index in [2.05, 4.69) is 45.5 Å². The number of ether oxygens (including phenoxy) is 5. The van der Waals surface area contributed by atoms with Crippen LogP contribution in [-0.4, -0.2) is 92.9 Å². The van der Waals surface area contributed by atoms with Crippen LogP contribution in [0.25, 0.3) is 11.1 Å². The van der Waals surface area contributed by atoms with Gasteiger partial charge in [-0.1, -0.05) is 48.5 Å². The van der Waals surface area contributed by atoms with Gasteiger partial charge in [-0.05, 0) is 56.0 Å². The number of phenolic OH excluding ortho intramolecular Hbond substituents is 2. The van der Waals surface area contributed by atoms with Gasteiger partial charge in [-0.25, -0.2) is 4.79 Å². The van der Waals surface area contributed by atoms with Gasteiger partial charge in [-0.15, -0.1) is 0 Å². The van der Waals surface area contributed by atoms with Crippen molar-refractivity contribution in [3.63, 3.8) is 0 Å². The molecule has 1 amide bonds. The summed E-state index contributed by atoms with van der Waals surface area (Å²) in [4.78, 5) is 18.0. The van der Waals surface area contributed by atoms with Crippen molar-refractivity contribution in [2.75, 3.05) is 48.6 Å². The SMILES string of the molecule is COc1c(C)c(OC)c2c(c1O)C(CNC(=O)OCC1c3ccccc3-c3ccccc31)N1[C@@H](C#N)[C@@H]3Cc4c(OC)c(C)c(OC)c(O)c4[C@H]([C@@H]1C2)N3C. The molecule has 2 bridgehead atoms. The fourth-order valence-corrected chi connectivity index (χ4v) is 10.2. The number of phenols is 2. The number of amides is 1. The Morgan fingerprint density at radius 3 is 1.85 bits per heavy atom. The van der Waals surface area contributed by atoms with E-state index < -0.39 is 30.3 Å². The van der Waals surface area contributed by atoms with Crippen LogP contribution in [0.1, 0.15) is 62.5 Å². The molecular weight excluding hydrogens is 700 g/mol. The smallest absolute Gasteiger partial charge is 0.407 e. The Morgan fingerprint density at radius 2 is 1.31 bits per heavy atom. The van der Waals surface area contributed by atoms with E-state index in [4.69, 9.17) is 23.7 Å². The maximum Gasteiger partial charge on any atom is 0.407 e. The monoisotopic (exact) mass is 746 g/mol. The Morgan fingerprint density at radius 1 is 0.800 bits per heavy atom. The summed E-state index contributed by atoms with van der Waals surface area (Å²) in [6, 6.07) is 16.3. The third-order valence-electron chi connectivity index (χ3n) is 12.4. The molecule has 4 aliphatic rings. The molecule has 1 fully saturated rings. The lowest BCUT2D eigenvalue weighted by molar-refractivity contribution is -0.0726. The number of hydrogen-bond donors (Lipinski definition) is 3. The lowest BCUT2D eigenvalue weighted by Gasteiger charge is -2.60. The number of fused-ring (bicyclic) bond motifs is 10. The van der Waals surface area contributed by atoms with E-state index in [1.165, 1.54) is 14.2 Å². The zero-order valence-electron chi connectivity index (χ0n) is 32.1. The predicted molar refractivity (Wildman–Crippen MR) is 204 cm³/mol. The normalized spacial score (nSPS) is 22.3. The Kier molecular flexibility index (Phi) is 9.18. The van der Waals surface area contributed by atoms with Crippen molar-refractivity contribution >= 4 is 6.09 Å². The number of rotatable bonds is 8. The average molecular weight is 747 g/mol. The summed E-state index contributed by atoms with van der Waals surface area (Å²) in [5.41, 5.74) is 8.54. The molecule has 0 aromatic heterocycles. The number of benzene rings is 4. The first kappa shape index (κ1) is 36.3. The van der Waals surface area contributed by atoms with Crippen LogP contribution >= 0.6 is 0 Å². The second kappa shape index (κ2) is 13.9. The molecule has 12 nitrogen and oxygen atoms in total. The first-order chi connectivity index (χ1) is 26.6. The summed E-state index contributed by atoms with van der Waals surface area (Å²) < 4.78 is 29.4. The van der Waals surface area contributed by atoms with Crippen LogP contribution in [0.3, 0.4) is 0 Å². The zero-order chi connectivity index (χ0) is 38.9. The molecule has 0 saturated carbocycles. The van der Waals surface area contributed by atoms with Crippen molar-refractivity contribution in [2.45, 2.75) is 62.8 Å². The second-order valence-electron chi connectivity index (χ2n) is 14.8.